The minimum atomic E-state index is -0.731. The van der Waals surface area contributed by atoms with Gasteiger partial charge in [0.25, 0.3) is 5.91 Å². The van der Waals surface area contributed by atoms with E-state index >= 15 is 0 Å². The number of amides is 1. The van der Waals surface area contributed by atoms with Crippen LogP contribution in [0.4, 0.5) is 5.69 Å². The average Bonchev–Trinajstić information content (AvgIpc) is 2.49. The summed E-state index contributed by atoms with van der Waals surface area (Å²) in [6.07, 6.45) is 5.04. The topological polar surface area (TPSA) is 99.9 Å². The second kappa shape index (κ2) is 7.00. The van der Waals surface area contributed by atoms with Crippen LogP contribution in [0.15, 0.2) is 6.07 Å². The lowest BCUT2D eigenvalue weighted by atomic mass is 10.1. The number of carbonyl (C=O) groups is 1. The molecular formula is C13H14N2O6. The second-order valence-corrected chi connectivity index (χ2v) is 3.69. The Hall–Kier alpha value is -2.95. The molecule has 0 aromatic heterocycles. The first-order valence-electron chi connectivity index (χ1n) is 5.70. The second-order valence-electron chi connectivity index (χ2n) is 3.69. The molecule has 0 spiro atoms. The third-order valence-electron chi connectivity index (χ3n) is 2.58. The van der Waals surface area contributed by atoms with E-state index in [1.807, 2.05) is 0 Å². The van der Waals surface area contributed by atoms with Gasteiger partial charge in [-0.2, -0.15) is 0 Å². The van der Waals surface area contributed by atoms with Crippen molar-refractivity contribution in [2.45, 2.75) is 0 Å². The van der Waals surface area contributed by atoms with Crippen molar-refractivity contribution in [2.75, 3.05) is 27.9 Å². The summed E-state index contributed by atoms with van der Waals surface area (Å²) in [5.41, 5.74) is -0.755. The summed E-state index contributed by atoms with van der Waals surface area (Å²) >= 11 is 0. The van der Waals surface area contributed by atoms with E-state index in [9.17, 15) is 14.9 Å². The van der Waals surface area contributed by atoms with Gasteiger partial charge in [0.15, 0.2) is 5.75 Å². The maximum Gasteiger partial charge on any atom is 0.327 e. The van der Waals surface area contributed by atoms with Crippen LogP contribution < -0.4 is 19.5 Å². The Kier molecular flexibility index (Phi) is 5.37. The van der Waals surface area contributed by atoms with Crippen LogP contribution in [0.3, 0.4) is 0 Å². The number of ether oxygens (including phenoxy) is 3. The van der Waals surface area contributed by atoms with Gasteiger partial charge in [0.1, 0.15) is 5.56 Å². The van der Waals surface area contributed by atoms with Gasteiger partial charge in [-0.15, -0.1) is 6.42 Å². The van der Waals surface area contributed by atoms with Crippen LogP contribution in [-0.4, -0.2) is 38.7 Å². The number of nitrogens with one attached hydrogen (secondary N) is 1. The molecule has 8 heteroatoms. The van der Waals surface area contributed by atoms with Gasteiger partial charge in [0, 0.05) is 6.07 Å². The number of nitro benzene ring substituents is 1. The maximum atomic E-state index is 12.0. The fraction of sp³-hybridized carbons (Fsp3) is 0.308. The Morgan fingerprint density at radius 1 is 1.33 bits per heavy atom. The van der Waals surface area contributed by atoms with Crippen LogP contribution >= 0.6 is 0 Å². The number of carbonyl (C=O) groups excluding carboxylic acids is 1. The van der Waals surface area contributed by atoms with Crippen LogP contribution in [0, 0.1) is 22.5 Å². The number of methoxy groups -OCH3 is 3. The molecule has 1 N–H and O–H groups in total. The van der Waals surface area contributed by atoms with Crippen LogP contribution in [0.25, 0.3) is 0 Å². The van der Waals surface area contributed by atoms with Crippen LogP contribution in [0.1, 0.15) is 10.4 Å². The fourth-order valence-corrected chi connectivity index (χ4v) is 1.72. The smallest absolute Gasteiger partial charge is 0.327 e. The normalized spacial score (nSPS) is 9.43. The molecule has 0 fully saturated rings. The molecule has 0 radical (unpaired) electrons. The third kappa shape index (κ3) is 3.14. The summed E-state index contributed by atoms with van der Waals surface area (Å²) in [5, 5.41) is 13.6. The first-order valence-corrected chi connectivity index (χ1v) is 5.70. The number of nitrogens with zero attached hydrogens (tertiary/aromatic N) is 1. The molecule has 0 aliphatic heterocycles. The lowest BCUT2D eigenvalue weighted by Gasteiger charge is -2.14. The average molecular weight is 294 g/mol. The molecule has 0 unspecified atom stereocenters. The molecule has 0 aliphatic rings. The van der Waals surface area contributed by atoms with Crippen molar-refractivity contribution in [3.63, 3.8) is 0 Å². The van der Waals surface area contributed by atoms with E-state index in [0.29, 0.717) is 0 Å². The highest BCUT2D eigenvalue weighted by molar-refractivity contribution is 6.00. The molecule has 1 aromatic rings. The highest BCUT2D eigenvalue weighted by Crippen LogP contribution is 2.46. The predicted octanol–water partition coefficient (Wildman–Crippen LogP) is 0.984. The lowest BCUT2D eigenvalue weighted by molar-refractivity contribution is -0.386. The van der Waals surface area contributed by atoms with Crippen molar-refractivity contribution in [2.24, 2.45) is 0 Å². The summed E-state index contributed by atoms with van der Waals surface area (Å²) in [5.74, 6) is 1.46. The summed E-state index contributed by atoms with van der Waals surface area (Å²) in [7, 11) is 3.88. The molecule has 0 bridgehead atoms. The quantitative estimate of drug-likeness (QED) is 0.477. The van der Waals surface area contributed by atoms with Crippen molar-refractivity contribution in [3.8, 4) is 29.6 Å². The van der Waals surface area contributed by atoms with E-state index in [-0.39, 0.29) is 29.4 Å². The summed E-state index contributed by atoms with van der Waals surface area (Å²) < 4.78 is 15.1. The number of hydrogen-bond donors (Lipinski definition) is 1. The molecule has 112 valence electrons. The molecule has 1 amide bonds. The summed E-state index contributed by atoms with van der Waals surface area (Å²) in [6, 6.07) is 1.20. The Bertz CT molecular complexity index is 606. The zero-order valence-electron chi connectivity index (χ0n) is 11.8. The van der Waals surface area contributed by atoms with Gasteiger partial charge in [0.05, 0.1) is 32.8 Å². The highest BCUT2D eigenvalue weighted by atomic mass is 16.6. The van der Waals surface area contributed by atoms with E-state index in [4.69, 9.17) is 20.6 Å². The van der Waals surface area contributed by atoms with E-state index in [0.717, 1.165) is 0 Å². The van der Waals surface area contributed by atoms with Crippen LogP contribution in [0.5, 0.6) is 17.2 Å². The Morgan fingerprint density at radius 3 is 2.38 bits per heavy atom. The van der Waals surface area contributed by atoms with E-state index in [2.05, 4.69) is 11.2 Å². The lowest BCUT2D eigenvalue weighted by Crippen LogP contribution is -2.24. The molecule has 1 rings (SSSR count). The van der Waals surface area contributed by atoms with Gasteiger partial charge in [0.2, 0.25) is 11.5 Å². The Balaban J connectivity index is 3.58. The van der Waals surface area contributed by atoms with Gasteiger partial charge in [-0.1, -0.05) is 5.92 Å². The number of benzene rings is 1. The van der Waals surface area contributed by atoms with Gasteiger partial charge in [-0.3, -0.25) is 14.9 Å². The standard InChI is InChI=1S/C13H14N2O6/c1-5-6-14-13(16)8-7-9(19-2)11(20-3)12(21-4)10(8)15(17)18/h1,7H,6H2,2-4H3,(H,14,16). The van der Waals surface area contributed by atoms with E-state index in [1.54, 1.807) is 0 Å². The Morgan fingerprint density at radius 2 is 1.95 bits per heavy atom. The summed E-state index contributed by atoms with van der Waals surface area (Å²) in [4.78, 5) is 22.5. The van der Waals surface area contributed by atoms with Crippen molar-refractivity contribution in [1.29, 1.82) is 0 Å². The zero-order valence-corrected chi connectivity index (χ0v) is 11.8. The van der Waals surface area contributed by atoms with E-state index in [1.165, 1.54) is 27.4 Å². The first kappa shape index (κ1) is 16.1. The van der Waals surface area contributed by atoms with Gasteiger partial charge in [-0.25, -0.2) is 0 Å². The van der Waals surface area contributed by atoms with Gasteiger partial charge < -0.3 is 19.5 Å². The molecule has 8 nitrogen and oxygen atoms in total. The number of nitro groups is 1. The molecule has 0 aliphatic carbocycles. The van der Waals surface area contributed by atoms with Crippen molar-refractivity contribution < 1.29 is 23.9 Å². The molecule has 21 heavy (non-hydrogen) atoms. The molecule has 0 saturated heterocycles. The molecular weight excluding hydrogens is 280 g/mol. The highest BCUT2D eigenvalue weighted by Gasteiger charge is 2.32. The van der Waals surface area contributed by atoms with E-state index < -0.39 is 16.5 Å². The van der Waals surface area contributed by atoms with Crippen LogP contribution in [0.2, 0.25) is 0 Å². The van der Waals surface area contributed by atoms with Crippen LogP contribution in [-0.2, 0) is 0 Å². The molecule has 0 saturated carbocycles. The van der Waals surface area contributed by atoms with Gasteiger partial charge >= 0.3 is 5.69 Å². The third-order valence-corrected chi connectivity index (χ3v) is 2.58. The van der Waals surface area contributed by atoms with Crippen molar-refractivity contribution >= 4 is 11.6 Å². The molecule has 1 aromatic carbocycles. The summed E-state index contributed by atoms with van der Waals surface area (Å²) in [6.45, 7) is -0.0628. The number of terminal acetylenes is 1. The minimum Gasteiger partial charge on any atom is -0.493 e. The molecule has 0 atom stereocenters. The Labute approximate surface area is 121 Å². The van der Waals surface area contributed by atoms with Crippen molar-refractivity contribution in [3.05, 3.63) is 21.7 Å². The van der Waals surface area contributed by atoms with Gasteiger partial charge in [-0.05, 0) is 0 Å². The largest absolute Gasteiger partial charge is 0.493 e. The fourth-order valence-electron chi connectivity index (χ4n) is 1.72. The zero-order chi connectivity index (χ0) is 16.0. The predicted molar refractivity (Wildman–Crippen MR) is 73.9 cm³/mol. The maximum absolute atomic E-state index is 12.0. The monoisotopic (exact) mass is 294 g/mol. The SMILES string of the molecule is C#CCNC(=O)c1cc(OC)c(OC)c(OC)c1[N+](=O)[O-]. The number of hydrogen-bond acceptors (Lipinski definition) is 6. The molecule has 0 heterocycles. The first-order chi connectivity index (χ1) is 10.0. The number of rotatable bonds is 6. The minimum absolute atomic E-state index is 0.0280. The van der Waals surface area contributed by atoms with Crippen molar-refractivity contribution in [1.82, 2.24) is 5.32 Å².